The van der Waals surface area contributed by atoms with Crippen molar-refractivity contribution in [2.24, 2.45) is 0 Å². The van der Waals surface area contributed by atoms with Gasteiger partial charge >= 0.3 is 0 Å². The molecule has 10 nitrogen and oxygen atoms in total. The predicted octanol–water partition coefficient (Wildman–Crippen LogP) is 0.708. The van der Waals surface area contributed by atoms with Crippen LogP contribution in [0.4, 0.5) is 5.69 Å². The maximum absolute atomic E-state index is 12.5. The van der Waals surface area contributed by atoms with Crippen LogP contribution in [0, 0.1) is 10.1 Å². The van der Waals surface area contributed by atoms with Crippen LogP contribution < -0.4 is 5.32 Å². The summed E-state index contributed by atoms with van der Waals surface area (Å²) in [4.78, 5) is 61.5. The number of likely N-dealkylation sites (tertiary alicyclic amines) is 1. The normalized spacial score (nSPS) is 16.9. The number of carbonyl (C=O) groups excluding carboxylic acids is 4. The van der Waals surface area contributed by atoms with E-state index < -0.39 is 23.3 Å². The van der Waals surface area contributed by atoms with Crippen LogP contribution in [-0.2, 0) is 9.59 Å². The van der Waals surface area contributed by atoms with Crippen LogP contribution in [0.25, 0.3) is 0 Å². The molecule has 0 atom stereocenters. The van der Waals surface area contributed by atoms with Gasteiger partial charge < -0.3 is 10.2 Å². The summed E-state index contributed by atoms with van der Waals surface area (Å²) in [5.74, 6) is -1.75. The first kappa shape index (κ1) is 19.5. The molecule has 4 amide bonds. The van der Waals surface area contributed by atoms with E-state index in [4.69, 9.17) is 0 Å². The average Bonchev–Trinajstić information content (AvgIpc) is 2.92. The van der Waals surface area contributed by atoms with Crippen LogP contribution in [0.5, 0.6) is 0 Å². The molecule has 0 unspecified atom stereocenters. The second kappa shape index (κ2) is 7.75. The van der Waals surface area contributed by atoms with Crippen molar-refractivity contribution in [3.63, 3.8) is 0 Å². The Morgan fingerprint density at radius 3 is 2.43 bits per heavy atom. The number of imide groups is 1. The van der Waals surface area contributed by atoms with Crippen molar-refractivity contribution >= 4 is 29.3 Å². The first-order valence-electron chi connectivity index (χ1n) is 9.03. The minimum atomic E-state index is -0.706. The first-order chi connectivity index (χ1) is 13.3. The van der Waals surface area contributed by atoms with Gasteiger partial charge in [-0.2, -0.15) is 0 Å². The Kier molecular flexibility index (Phi) is 5.39. The Morgan fingerprint density at radius 1 is 1.18 bits per heavy atom. The van der Waals surface area contributed by atoms with Gasteiger partial charge in [0.25, 0.3) is 17.5 Å². The summed E-state index contributed by atoms with van der Waals surface area (Å²) in [6, 6.07) is 3.46. The molecule has 0 spiro atoms. The number of hydrogen-bond acceptors (Lipinski definition) is 6. The molecule has 1 fully saturated rings. The zero-order valence-corrected chi connectivity index (χ0v) is 15.3. The highest BCUT2D eigenvalue weighted by Crippen LogP contribution is 2.27. The number of rotatable bonds is 5. The van der Waals surface area contributed by atoms with Crippen molar-refractivity contribution in [2.75, 3.05) is 19.6 Å². The van der Waals surface area contributed by atoms with Crippen LogP contribution in [-0.4, -0.2) is 64.0 Å². The number of fused-ring (bicyclic) bond motifs is 1. The summed E-state index contributed by atoms with van der Waals surface area (Å²) in [6.07, 6.45) is 1.61. The molecular formula is C18H20N4O6. The lowest BCUT2D eigenvalue weighted by atomic mass is 10.0. The van der Waals surface area contributed by atoms with E-state index in [0.29, 0.717) is 32.4 Å². The van der Waals surface area contributed by atoms with E-state index in [-0.39, 0.29) is 34.7 Å². The van der Waals surface area contributed by atoms with Gasteiger partial charge in [-0.1, -0.05) is 6.92 Å². The molecule has 28 heavy (non-hydrogen) atoms. The minimum absolute atomic E-state index is 0.0105. The number of benzene rings is 1. The van der Waals surface area contributed by atoms with Crippen LogP contribution in [0.15, 0.2) is 18.2 Å². The molecule has 2 aliphatic heterocycles. The lowest BCUT2D eigenvalue weighted by Crippen LogP contribution is -2.49. The smallest absolute Gasteiger partial charge is 0.270 e. The fourth-order valence-corrected chi connectivity index (χ4v) is 3.37. The van der Waals surface area contributed by atoms with Crippen molar-refractivity contribution < 1.29 is 24.1 Å². The average molecular weight is 388 g/mol. The zero-order chi connectivity index (χ0) is 20.4. The number of carbonyl (C=O) groups is 4. The molecule has 0 radical (unpaired) electrons. The Morgan fingerprint density at radius 2 is 1.82 bits per heavy atom. The predicted molar refractivity (Wildman–Crippen MR) is 96.5 cm³/mol. The summed E-state index contributed by atoms with van der Waals surface area (Å²) in [5, 5.41) is 13.8. The number of nitro groups is 1. The third-order valence-electron chi connectivity index (χ3n) is 4.99. The second-order valence-corrected chi connectivity index (χ2v) is 6.76. The van der Waals surface area contributed by atoms with Gasteiger partial charge in [0, 0.05) is 37.7 Å². The second-order valence-electron chi connectivity index (χ2n) is 6.76. The third-order valence-corrected chi connectivity index (χ3v) is 4.99. The van der Waals surface area contributed by atoms with Gasteiger partial charge in [-0.25, -0.2) is 0 Å². The highest BCUT2D eigenvalue weighted by Gasteiger charge is 2.38. The number of nitrogens with zero attached hydrogens (tertiary/aromatic N) is 3. The summed E-state index contributed by atoms with van der Waals surface area (Å²) in [7, 11) is 0. The quantitative estimate of drug-likeness (QED) is 0.449. The van der Waals surface area contributed by atoms with E-state index in [1.807, 2.05) is 0 Å². The van der Waals surface area contributed by atoms with E-state index in [9.17, 15) is 29.3 Å². The monoisotopic (exact) mass is 388 g/mol. The molecule has 0 aromatic heterocycles. The molecule has 2 aliphatic rings. The largest absolute Gasteiger partial charge is 0.353 e. The summed E-state index contributed by atoms with van der Waals surface area (Å²) < 4.78 is 0. The van der Waals surface area contributed by atoms with Crippen molar-refractivity contribution in [1.29, 1.82) is 0 Å². The van der Waals surface area contributed by atoms with Crippen molar-refractivity contribution in [3.05, 3.63) is 39.4 Å². The fourth-order valence-electron chi connectivity index (χ4n) is 3.37. The molecule has 0 saturated carbocycles. The summed E-state index contributed by atoms with van der Waals surface area (Å²) >= 11 is 0. The standard InChI is InChI=1S/C18H20N4O6/c1-2-15(23)19-11-5-7-20(8-6-11)16(24)10-21-17(25)13-4-3-12(22(27)28)9-14(13)18(21)26/h3-4,9,11H,2,5-8,10H2,1H3,(H,19,23). The Bertz CT molecular complexity index is 860. The highest BCUT2D eigenvalue weighted by atomic mass is 16.6. The summed E-state index contributed by atoms with van der Waals surface area (Å²) in [6.45, 7) is 2.20. The van der Waals surface area contributed by atoms with Crippen LogP contribution >= 0.6 is 0 Å². The zero-order valence-electron chi connectivity index (χ0n) is 15.3. The molecule has 3 rings (SSSR count). The fraction of sp³-hybridized carbons (Fsp3) is 0.444. The van der Waals surface area contributed by atoms with Gasteiger partial charge in [-0.05, 0) is 18.9 Å². The van der Waals surface area contributed by atoms with E-state index in [1.165, 1.54) is 6.07 Å². The van der Waals surface area contributed by atoms with Crippen LogP contribution in [0.3, 0.4) is 0 Å². The molecule has 10 heteroatoms. The van der Waals surface area contributed by atoms with Gasteiger partial charge in [0.2, 0.25) is 11.8 Å². The number of nitrogens with one attached hydrogen (secondary N) is 1. The molecule has 0 bridgehead atoms. The lowest BCUT2D eigenvalue weighted by Gasteiger charge is -2.33. The summed E-state index contributed by atoms with van der Waals surface area (Å²) in [5.41, 5.74) is -0.290. The Labute approximate surface area is 160 Å². The maximum atomic E-state index is 12.5. The van der Waals surface area contributed by atoms with Gasteiger partial charge in [0.05, 0.1) is 16.1 Å². The maximum Gasteiger partial charge on any atom is 0.270 e. The Hall–Kier alpha value is -3.30. The number of piperidine rings is 1. The number of amides is 4. The SMILES string of the molecule is CCC(=O)NC1CCN(C(=O)CN2C(=O)c3ccc([N+](=O)[O-])cc3C2=O)CC1. The number of non-ortho nitro benzene ring substituents is 1. The number of hydrogen-bond donors (Lipinski definition) is 1. The molecule has 2 heterocycles. The minimum Gasteiger partial charge on any atom is -0.353 e. The third kappa shape index (κ3) is 3.71. The molecule has 0 aliphatic carbocycles. The van der Waals surface area contributed by atoms with E-state index in [2.05, 4.69) is 5.32 Å². The highest BCUT2D eigenvalue weighted by molar-refractivity contribution is 6.22. The lowest BCUT2D eigenvalue weighted by molar-refractivity contribution is -0.384. The van der Waals surface area contributed by atoms with Crippen molar-refractivity contribution in [1.82, 2.24) is 15.1 Å². The van der Waals surface area contributed by atoms with Gasteiger partial charge in [-0.3, -0.25) is 34.2 Å². The molecule has 1 N–H and O–H groups in total. The van der Waals surface area contributed by atoms with Gasteiger partial charge in [0.15, 0.2) is 0 Å². The first-order valence-corrected chi connectivity index (χ1v) is 9.03. The topological polar surface area (TPSA) is 130 Å². The molecule has 148 valence electrons. The molecule has 1 saturated heterocycles. The van der Waals surface area contributed by atoms with Crippen molar-refractivity contribution in [3.8, 4) is 0 Å². The Balaban J connectivity index is 1.62. The van der Waals surface area contributed by atoms with Crippen LogP contribution in [0.2, 0.25) is 0 Å². The molecular weight excluding hydrogens is 368 g/mol. The van der Waals surface area contributed by atoms with E-state index in [1.54, 1.807) is 11.8 Å². The molecule has 1 aromatic carbocycles. The van der Waals surface area contributed by atoms with Crippen LogP contribution in [0.1, 0.15) is 46.9 Å². The van der Waals surface area contributed by atoms with Crippen molar-refractivity contribution in [2.45, 2.75) is 32.2 Å². The number of nitro benzene ring substituents is 1. The molecule has 1 aromatic rings. The van der Waals surface area contributed by atoms with Gasteiger partial charge in [0.1, 0.15) is 6.54 Å². The van der Waals surface area contributed by atoms with Gasteiger partial charge in [-0.15, -0.1) is 0 Å². The van der Waals surface area contributed by atoms with E-state index >= 15 is 0 Å². The van der Waals surface area contributed by atoms with E-state index in [0.717, 1.165) is 17.0 Å².